The molecule has 4 rings (SSSR count). The maximum atomic E-state index is 13.4. The topological polar surface area (TPSA) is 67.4 Å². The van der Waals surface area contributed by atoms with Crippen molar-refractivity contribution < 1.29 is 26.3 Å². The van der Waals surface area contributed by atoms with Crippen molar-refractivity contribution in [2.24, 2.45) is 0 Å². The van der Waals surface area contributed by atoms with Gasteiger partial charge in [-0.3, -0.25) is 0 Å². The zero-order chi connectivity index (χ0) is 27.3. The summed E-state index contributed by atoms with van der Waals surface area (Å²) in [6.07, 6.45) is -4.54. The number of rotatable bonds is 9. The van der Waals surface area contributed by atoms with Gasteiger partial charge in [0.05, 0.1) is 16.5 Å². The molecule has 0 spiro atoms. The van der Waals surface area contributed by atoms with Crippen molar-refractivity contribution in [2.45, 2.75) is 24.0 Å². The van der Waals surface area contributed by atoms with Crippen LogP contribution >= 0.6 is 11.6 Å². The molecule has 0 radical (unpaired) electrons. The lowest BCUT2D eigenvalue weighted by molar-refractivity contribution is -0.137. The van der Waals surface area contributed by atoms with Crippen molar-refractivity contribution in [1.82, 2.24) is 4.72 Å². The molecule has 2 N–H and O–H groups in total. The molecule has 1 atom stereocenters. The lowest BCUT2D eigenvalue weighted by atomic mass is 10.0. The molecule has 0 aliphatic carbocycles. The zero-order valence-electron chi connectivity index (χ0n) is 20.2. The minimum atomic E-state index is -4.54. The van der Waals surface area contributed by atoms with Crippen molar-refractivity contribution >= 4 is 27.3 Å². The minimum absolute atomic E-state index is 0.0644. The average molecular weight is 561 g/mol. The van der Waals surface area contributed by atoms with Gasteiger partial charge in [-0.2, -0.15) is 13.2 Å². The van der Waals surface area contributed by atoms with Gasteiger partial charge in [-0.1, -0.05) is 41.4 Å². The van der Waals surface area contributed by atoms with Crippen molar-refractivity contribution in [3.63, 3.8) is 0 Å². The first-order valence-electron chi connectivity index (χ1n) is 11.5. The minimum Gasteiger partial charge on any atom is -0.457 e. The van der Waals surface area contributed by atoms with E-state index in [0.717, 1.165) is 17.7 Å². The van der Waals surface area contributed by atoms with Crippen molar-refractivity contribution in [3.8, 4) is 11.5 Å². The second kappa shape index (κ2) is 11.5. The van der Waals surface area contributed by atoms with E-state index in [1.54, 1.807) is 60.7 Å². The van der Waals surface area contributed by atoms with Crippen LogP contribution in [-0.4, -0.2) is 15.0 Å². The highest BCUT2D eigenvalue weighted by atomic mass is 35.5. The largest absolute Gasteiger partial charge is 0.457 e. The molecule has 0 fully saturated rings. The van der Waals surface area contributed by atoms with E-state index in [-0.39, 0.29) is 17.0 Å². The first-order valence-corrected chi connectivity index (χ1v) is 13.4. The number of benzene rings is 4. The molecule has 0 amide bonds. The van der Waals surface area contributed by atoms with Crippen LogP contribution < -0.4 is 14.8 Å². The fourth-order valence-corrected chi connectivity index (χ4v) is 4.81. The van der Waals surface area contributed by atoms with Crippen LogP contribution in [0, 0.1) is 6.92 Å². The van der Waals surface area contributed by atoms with Gasteiger partial charge < -0.3 is 10.1 Å². The molecule has 0 heterocycles. The van der Waals surface area contributed by atoms with Crippen LogP contribution in [-0.2, 0) is 16.2 Å². The van der Waals surface area contributed by atoms with Gasteiger partial charge >= 0.3 is 6.18 Å². The second-order valence-corrected chi connectivity index (χ2v) is 10.8. The third kappa shape index (κ3) is 7.28. The summed E-state index contributed by atoms with van der Waals surface area (Å²) in [6.45, 7) is 1.64. The number of ether oxygens (including phenoxy) is 1. The number of hydrogen-bond donors (Lipinski definition) is 2. The lowest BCUT2D eigenvalue weighted by Gasteiger charge is -2.22. The van der Waals surface area contributed by atoms with Crippen LogP contribution in [0.4, 0.5) is 18.9 Å². The Labute approximate surface area is 224 Å². The van der Waals surface area contributed by atoms with Crippen molar-refractivity contribution in [2.75, 3.05) is 11.9 Å². The van der Waals surface area contributed by atoms with Crippen LogP contribution in [0.3, 0.4) is 0 Å². The first-order chi connectivity index (χ1) is 18.0. The summed E-state index contributed by atoms with van der Waals surface area (Å²) in [4.78, 5) is 0.0644. The molecule has 0 bridgehead atoms. The van der Waals surface area contributed by atoms with Crippen LogP contribution in [0.15, 0.2) is 102 Å². The highest BCUT2D eigenvalue weighted by molar-refractivity contribution is 7.89. The van der Waals surface area contributed by atoms with E-state index in [1.165, 1.54) is 24.3 Å². The zero-order valence-corrected chi connectivity index (χ0v) is 21.7. The predicted molar refractivity (Wildman–Crippen MR) is 142 cm³/mol. The van der Waals surface area contributed by atoms with E-state index in [0.29, 0.717) is 22.2 Å². The third-order valence-corrected chi connectivity index (χ3v) is 7.36. The van der Waals surface area contributed by atoms with Crippen LogP contribution in [0.5, 0.6) is 11.5 Å². The van der Waals surface area contributed by atoms with E-state index >= 15 is 0 Å². The quantitative estimate of drug-likeness (QED) is 0.221. The molecular formula is C28H24ClF3N2O3S. The van der Waals surface area contributed by atoms with Crippen LogP contribution in [0.2, 0.25) is 5.02 Å². The summed E-state index contributed by atoms with van der Waals surface area (Å²) < 4.78 is 74.1. The predicted octanol–water partition coefficient (Wildman–Crippen LogP) is 7.59. The maximum absolute atomic E-state index is 13.4. The van der Waals surface area contributed by atoms with Gasteiger partial charge in [-0.15, -0.1) is 0 Å². The fraction of sp³-hybridized carbons (Fsp3) is 0.143. The summed E-state index contributed by atoms with van der Waals surface area (Å²) in [5.41, 5.74) is 0.907. The SMILES string of the molecule is Cc1ccc(S(=O)(=O)NCC(Nc2ccc(Oc3ccc(Cl)cc3)cc2)c2cccc(C(F)(F)F)c2)cc1. The summed E-state index contributed by atoms with van der Waals surface area (Å²) >= 11 is 5.89. The molecule has 0 saturated carbocycles. The van der Waals surface area contributed by atoms with E-state index < -0.39 is 27.8 Å². The second-order valence-electron chi connectivity index (χ2n) is 8.57. The summed E-state index contributed by atoms with van der Waals surface area (Å²) in [7, 11) is -3.90. The molecule has 10 heteroatoms. The van der Waals surface area contributed by atoms with Gasteiger partial charge in [-0.25, -0.2) is 13.1 Å². The maximum Gasteiger partial charge on any atom is 0.416 e. The van der Waals surface area contributed by atoms with Crippen LogP contribution in [0.25, 0.3) is 0 Å². The number of alkyl halides is 3. The number of sulfonamides is 1. The molecular weight excluding hydrogens is 537 g/mol. The molecule has 4 aromatic carbocycles. The molecule has 1 unspecified atom stereocenters. The van der Waals surface area contributed by atoms with Crippen LogP contribution in [0.1, 0.15) is 22.7 Å². The van der Waals surface area contributed by atoms with E-state index in [9.17, 15) is 21.6 Å². The smallest absolute Gasteiger partial charge is 0.416 e. The van der Waals surface area contributed by atoms with Gasteiger partial charge in [0.15, 0.2) is 0 Å². The molecule has 198 valence electrons. The molecule has 0 saturated heterocycles. The standard InChI is InChI=1S/C28H24ClF3N2O3S/c1-19-5-15-26(16-6-19)38(35,36)33-18-27(20-3-2-4-21(17-20)28(30,31)32)34-23-9-13-25(14-10-23)37-24-11-7-22(29)8-12-24/h2-17,27,33-34H,18H2,1H3. The normalized spacial score (nSPS) is 12.7. The Bertz CT molecular complexity index is 1480. The van der Waals surface area contributed by atoms with Gasteiger partial charge in [0.1, 0.15) is 11.5 Å². The highest BCUT2D eigenvalue weighted by Gasteiger charge is 2.31. The van der Waals surface area contributed by atoms with Gasteiger partial charge in [0.25, 0.3) is 0 Å². The number of anilines is 1. The summed E-state index contributed by atoms with van der Waals surface area (Å²) in [6, 6.07) is 23.9. The third-order valence-electron chi connectivity index (χ3n) is 5.67. The number of hydrogen-bond acceptors (Lipinski definition) is 4. The molecule has 0 aliphatic heterocycles. The fourth-order valence-electron chi connectivity index (χ4n) is 3.64. The average Bonchev–Trinajstić information content (AvgIpc) is 2.89. The summed E-state index contributed by atoms with van der Waals surface area (Å²) in [5.74, 6) is 1.12. The molecule has 38 heavy (non-hydrogen) atoms. The van der Waals surface area contributed by atoms with Gasteiger partial charge in [-0.05, 0) is 85.3 Å². The number of aryl methyl sites for hydroxylation is 1. The molecule has 4 aromatic rings. The monoisotopic (exact) mass is 560 g/mol. The van der Waals surface area contributed by atoms with Crippen molar-refractivity contribution in [3.05, 3.63) is 119 Å². The first kappa shape index (κ1) is 27.5. The Balaban J connectivity index is 1.55. The van der Waals surface area contributed by atoms with Gasteiger partial charge in [0, 0.05) is 17.3 Å². The van der Waals surface area contributed by atoms with E-state index in [4.69, 9.17) is 16.3 Å². The highest BCUT2D eigenvalue weighted by Crippen LogP contribution is 2.32. The Morgan fingerprint density at radius 3 is 2.08 bits per heavy atom. The Morgan fingerprint density at radius 1 is 0.868 bits per heavy atom. The number of nitrogens with one attached hydrogen (secondary N) is 2. The number of halogens is 4. The molecule has 5 nitrogen and oxygen atoms in total. The molecule has 0 aromatic heterocycles. The van der Waals surface area contributed by atoms with Crippen molar-refractivity contribution in [1.29, 1.82) is 0 Å². The molecule has 0 aliphatic rings. The van der Waals surface area contributed by atoms with Gasteiger partial charge in [0.2, 0.25) is 10.0 Å². The van der Waals surface area contributed by atoms with E-state index in [1.807, 2.05) is 6.92 Å². The summed E-state index contributed by atoms with van der Waals surface area (Å²) in [5, 5.41) is 3.72. The van der Waals surface area contributed by atoms with E-state index in [2.05, 4.69) is 10.0 Å². The Kier molecular flexibility index (Phi) is 8.30. The Morgan fingerprint density at radius 2 is 1.47 bits per heavy atom. The Hall–Kier alpha value is -3.53. The lowest BCUT2D eigenvalue weighted by Crippen LogP contribution is -2.31.